The molecule has 0 aliphatic carbocycles. The average molecular weight is 156 g/mol. The lowest BCUT2D eigenvalue weighted by Gasteiger charge is -2.18. The third-order valence-electron chi connectivity index (χ3n) is 0.832. The summed E-state index contributed by atoms with van der Waals surface area (Å²) in [5.41, 5.74) is -0.340. The van der Waals surface area contributed by atoms with Crippen molar-refractivity contribution in [3.8, 4) is 6.19 Å². The molecule has 0 fully saturated rings. The molecule has 0 bridgehead atoms. The first kappa shape index (κ1) is 9.92. The van der Waals surface area contributed by atoms with E-state index >= 15 is 0 Å². The van der Waals surface area contributed by atoms with Crippen LogP contribution in [-0.4, -0.2) is 18.1 Å². The summed E-state index contributed by atoms with van der Waals surface area (Å²) in [5.74, 6) is -0.414. The molecule has 1 amide bonds. The third-order valence-corrected chi connectivity index (χ3v) is 0.832. The molecule has 0 aromatic rings. The van der Waals surface area contributed by atoms with Crippen LogP contribution in [0.1, 0.15) is 20.8 Å². The molecule has 0 aromatic heterocycles. The number of hydrogen-bond acceptors (Lipinski definition) is 3. The first-order chi connectivity index (χ1) is 4.95. The number of amides is 1. The van der Waals surface area contributed by atoms with E-state index in [0.717, 1.165) is 0 Å². The van der Waals surface area contributed by atoms with Crippen molar-refractivity contribution in [3.63, 3.8) is 0 Å². The van der Waals surface area contributed by atoms with Gasteiger partial charge in [-0.15, -0.1) is 0 Å². The molecule has 62 valence electrons. The maximum Gasteiger partial charge on any atom is 0.258 e. The van der Waals surface area contributed by atoms with E-state index in [2.05, 4.69) is 0 Å². The maximum absolute atomic E-state index is 10.6. The molecule has 4 nitrogen and oxygen atoms in total. The number of nitrogens with one attached hydrogen (secondary N) is 1. The highest BCUT2D eigenvalue weighted by molar-refractivity contribution is 5.78. The van der Waals surface area contributed by atoms with Crippen molar-refractivity contribution < 1.29 is 9.53 Å². The second-order valence-electron chi connectivity index (χ2n) is 3.06. The highest BCUT2D eigenvalue weighted by Crippen LogP contribution is 2.05. The van der Waals surface area contributed by atoms with E-state index < -0.39 is 5.91 Å². The van der Waals surface area contributed by atoms with Crippen LogP contribution in [0, 0.1) is 11.5 Å². The Morgan fingerprint density at radius 2 is 2.18 bits per heavy atom. The van der Waals surface area contributed by atoms with Gasteiger partial charge in [0.1, 0.15) is 6.61 Å². The fourth-order valence-corrected chi connectivity index (χ4v) is 0.380. The Labute approximate surface area is 66.1 Å². The van der Waals surface area contributed by atoms with Gasteiger partial charge in [0.15, 0.2) is 6.19 Å². The quantitative estimate of drug-likeness (QED) is 0.465. The zero-order valence-corrected chi connectivity index (χ0v) is 6.97. The molecule has 0 aliphatic heterocycles. The highest BCUT2D eigenvalue weighted by Gasteiger charge is 2.11. The largest absolute Gasteiger partial charge is 0.366 e. The fraction of sp³-hybridized carbons (Fsp3) is 0.714. The minimum absolute atomic E-state index is 0.0724. The van der Waals surface area contributed by atoms with Crippen LogP contribution in [-0.2, 0) is 9.53 Å². The third kappa shape index (κ3) is 6.81. The number of nitriles is 1. The van der Waals surface area contributed by atoms with Crippen molar-refractivity contribution in [2.24, 2.45) is 0 Å². The summed E-state index contributed by atoms with van der Waals surface area (Å²) < 4.78 is 5.08. The van der Waals surface area contributed by atoms with Crippen molar-refractivity contribution >= 4 is 5.91 Å². The smallest absolute Gasteiger partial charge is 0.258 e. The molecule has 1 N–H and O–H groups in total. The Bertz CT molecular complexity index is 176. The molecular weight excluding hydrogens is 144 g/mol. The number of carbonyl (C=O) groups is 1. The van der Waals surface area contributed by atoms with Gasteiger partial charge in [-0.05, 0) is 20.8 Å². The second-order valence-corrected chi connectivity index (χ2v) is 3.06. The van der Waals surface area contributed by atoms with E-state index in [1.54, 1.807) is 0 Å². The molecule has 11 heavy (non-hydrogen) atoms. The summed E-state index contributed by atoms with van der Waals surface area (Å²) in [5, 5.41) is 9.99. The predicted octanol–water partition coefficient (Wildman–Crippen LogP) is 0.399. The van der Waals surface area contributed by atoms with Gasteiger partial charge in [-0.1, -0.05) is 0 Å². The normalized spacial score (nSPS) is 10.4. The number of carbonyl (C=O) groups excluding carboxylic acids is 1. The summed E-state index contributed by atoms with van der Waals surface area (Å²) in [6.45, 7) is 5.45. The zero-order valence-electron chi connectivity index (χ0n) is 6.97. The average Bonchev–Trinajstić information content (AvgIpc) is 1.83. The summed E-state index contributed by atoms with van der Waals surface area (Å²) in [4.78, 5) is 10.6. The van der Waals surface area contributed by atoms with Crippen LogP contribution >= 0.6 is 0 Å². The van der Waals surface area contributed by atoms with Crippen LogP contribution in [0.2, 0.25) is 0 Å². The predicted molar refractivity (Wildman–Crippen MR) is 39.5 cm³/mol. The van der Waals surface area contributed by atoms with Crippen molar-refractivity contribution in [2.45, 2.75) is 26.4 Å². The van der Waals surface area contributed by atoms with E-state index in [0.29, 0.717) is 0 Å². The van der Waals surface area contributed by atoms with E-state index in [9.17, 15) is 4.79 Å². The lowest BCUT2D eigenvalue weighted by atomic mass is 10.2. The van der Waals surface area contributed by atoms with Crippen molar-refractivity contribution in [2.75, 3.05) is 6.61 Å². The Kier molecular flexibility index (Phi) is 3.55. The van der Waals surface area contributed by atoms with Crippen LogP contribution in [0.3, 0.4) is 0 Å². The molecule has 0 spiro atoms. The van der Waals surface area contributed by atoms with Gasteiger partial charge in [0, 0.05) is 0 Å². The van der Waals surface area contributed by atoms with Crippen molar-refractivity contribution in [3.05, 3.63) is 0 Å². The second kappa shape index (κ2) is 3.94. The number of nitrogens with zero attached hydrogens (tertiary/aromatic N) is 1. The van der Waals surface area contributed by atoms with Gasteiger partial charge >= 0.3 is 0 Å². The van der Waals surface area contributed by atoms with Crippen molar-refractivity contribution in [1.82, 2.24) is 5.32 Å². The molecule has 0 rings (SSSR count). The van der Waals surface area contributed by atoms with Crippen LogP contribution in [0.15, 0.2) is 0 Å². The van der Waals surface area contributed by atoms with Crippen molar-refractivity contribution in [1.29, 1.82) is 5.26 Å². The molecule has 4 heteroatoms. The number of hydrogen-bond donors (Lipinski definition) is 1. The SMILES string of the molecule is CC(C)(C)OCC(=O)NC#N. The minimum Gasteiger partial charge on any atom is -0.366 e. The molecular formula is C7H12N2O2. The Balaban J connectivity index is 3.57. The number of rotatable bonds is 2. The van der Waals surface area contributed by atoms with E-state index in [1.807, 2.05) is 26.1 Å². The standard InChI is InChI=1S/C7H12N2O2/c1-7(2,3)11-4-6(10)9-5-8/h4H2,1-3H3,(H,9,10). The van der Waals surface area contributed by atoms with E-state index in [-0.39, 0.29) is 12.2 Å². The van der Waals surface area contributed by atoms with Gasteiger partial charge in [-0.3, -0.25) is 10.1 Å². The van der Waals surface area contributed by atoms with Gasteiger partial charge < -0.3 is 4.74 Å². The Morgan fingerprint density at radius 1 is 1.64 bits per heavy atom. The first-order valence-corrected chi connectivity index (χ1v) is 3.27. The Hall–Kier alpha value is -1.08. The van der Waals surface area contributed by atoms with Gasteiger partial charge in [0.2, 0.25) is 0 Å². The molecule has 0 aromatic carbocycles. The van der Waals surface area contributed by atoms with Crippen LogP contribution in [0.25, 0.3) is 0 Å². The number of ether oxygens (including phenoxy) is 1. The lowest BCUT2D eigenvalue weighted by Crippen LogP contribution is -2.29. The van der Waals surface area contributed by atoms with E-state index in [1.165, 1.54) is 6.19 Å². The molecule has 0 saturated heterocycles. The Morgan fingerprint density at radius 3 is 2.55 bits per heavy atom. The summed E-state index contributed by atoms with van der Waals surface area (Å²) in [6, 6.07) is 0. The molecule has 0 heterocycles. The minimum atomic E-state index is -0.414. The summed E-state index contributed by atoms with van der Waals surface area (Å²) in [6.07, 6.45) is 1.52. The van der Waals surface area contributed by atoms with Gasteiger partial charge in [0.05, 0.1) is 5.60 Å². The van der Waals surface area contributed by atoms with Crippen LogP contribution < -0.4 is 5.32 Å². The van der Waals surface area contributed by atoms with Gasteiger partial charge in [-0.25, -0.2) is 0 Å². The van der Waals surface area contributed by atoms with Crippen LogP contribution in [0.5, 0.6) is 0 Å². The van der Waals surface area contributed by atoms with Gasteiger partial charge in [-0.2, -0.15) is 5.26 Å². The summed E-state index contributed by atoms with van der Waals surface area (Å²) >= 11 is 0. The molecule has 0 saturated carbocycles. The van der Waals surface area contributed by atoms with Gasteiger partial charge in [0.25, 0.3) is 5.91 Å². The zero-order chi connectivity index (χ0) is 8.91. The topological polar surface area (TPSA) is 62.1 Å². The molecule has 0 atom stereocenters. The highest BCUT2D eigenvalue weighted by atomic mass is 16.5. The van der Waals surface area contributed by atoms with E-state index in [4.69, 9.17) is 10.00 Å². The monoisotopic (exact) mass is 156 g/mol. The molecule has 0 radical (unpaired) electrons. The lowest BCUT2D eigenvalue weighted by molar-refractivity contribution is -0.129. The van der Waals surface area contributed by atoms with Crippen LogP contribution in [0.4, 0.5) is 0 Å². The first-order valence-electron chi connectivity index (χ1n) is 3.27. The fourth-order valence-electron chi connectivity index (χ4n) is 0.380. The molecule has 0 unspecified atom stereocenters. The maximum atomic E-state index is 10.6. The molecule has 0 aliphatic rings. The summed E-state index contributed by atoms with van der Waals surface area (Å²) in [7, 11) is 0.